The SMILES string of the molecule is Cc1ccc(CN(C(=O)CCCN(c2ccc(F)c(F)c2)S(C)(=O)=O)C(C)C(=O)NCC(C)C)cc1. The number of rotatable bonds is 12. The van der Waals surface area contributed by atoms with Gasteiger partial charge in [-0.25, -0.2) is 17.2 Å². The Bertz CT molecular complexity index is 1150. The van der Waals surface area contributed by atoms with Gasteiger partial charge in [-0.3, -0.25) is 13.9 Å². The highest BCUT2D eigenvalue weighted by molar-refractivity contribution is 7.92. The van der Waals surface area contributed by atoms with Gasteiger partial charge in [0.15, 0.2) is 11.6 Å². The third-order valence-corrected chi connectivity index (χ3v) is 6.86. The zero-order valence-corrected chi connectivity index (χ0v) is 22.2. The molecule has 1 atom stereocenters. The molecule has 0 radical (unpaired) electrons. The van der Waals surface area contributed by atoms with Crippen LogP contribution in [0, 0.1) is 24.5 Å². The average Bonchev–Trinajstić information content (AvgIpc) is 2.80. The molecule has 1 N–H and O–H groups in total. The summed E-state index contributed by atoms with van der Waals surface area (Å²) in [5, 5.41) is 2.85. The lowest BCUT2D eigenvalue weighted by atomic mass is 10.1. The second-order valence-corrected chi connectivity index (χ2v) is 11.3. The van der Waals surface area contributed by atoms with Crippen LogP contribution in [0.3, 0.4) is 0 Å². The molecule has 10 heteroatoms. The van der Waals surface area contributed by atoms with E-state index in [1.165, 1.54) is 11.0 Å². The minimum Gasteiger partial charge on any atom is -0.354 e. The normalized spacial score (nSPS) is 12.3. The average molecular weight is 524 g/mol. The third-order valence-electron chi connectivity index (χ3n) is 5.67. The minimum absolute atomic E-state index is 0.0261. The highest BCUT2D eigenvalue weighted by Crippen LogP contribution is 2.21. The lowest BCUT2D eigenvalue weighted by Crippen LogP contribution is -2.48. The predicted molar refractivity (Wildman–Crippen MR) is 137 cm³/mol. The summed E-state index contributed by atoms with van der Waals surface area (Å²) in [5.41, 5.74) is 1.90. The highest BCUT2D eigenvalue weighted by Gasteiger charge is 2.27. The van der Waals surface area contributed by atoms with Crippen LogP contribution in [0.5, 0.6) is 0 Å². The Morgan fingerprint density at radius 1 is 1.00 bits per heavy atom. The summed E-state index contributed by atoms with van der Waals surface area (Å²) in [6, 6.07) is 9.73. The molecule has 0 aliphatic carbocycles. The van der Waals surface area contributed by atoms with Crippen molar-refractivity contribution in [3.8, 4) is 0 Å². The molecular formula is C26H35F2N3O4S. The minimum atomic E-state index is -3.81. The number of hydrogen-bond acceptors (Lipinski definition) is 4. The van der Waals surface area contributed by atoms with Crippen LogP contribution in [0.25, 0.3) is 0 Å². The Morgan fingerprint density at radius 2 is 1.64 bits per heavy atom. The molecule has 0 saturated heterocycles. The number of benzene rings is 2. The van der Waals surface area contributed by atoms with Gasteiger partial charge in [0.05, 0.1) is 11.9 Å². The van der Waals surface area contributed by atoms with Crippen LogP contribution >= 0.6 is 0 Å². The van der Waals surface area contributed by atoms with Gasteiger partial charge in [0.2, 0.25) is 21.8 Å². The first kappa shape index (κ1) is 29.2. The first-order valence-corrected chi connectivity index (χ1v) is 13.7. The topological polar surface area (TPSA) is 86.8 Å². The van der Waals surface area contributed by atoms with Crippen LogP contribution in [-0.4, -0.2) is 50.5 Å². The summed E-state index contributed by atoms with van der Waals surface area (Å²) in [5.74, 6) is -2.59. The number of nitrogens with one attached hydrogen (secondary N) is 1. The summed E-state index contributed by atoms with van der Waals surface area (Å²) in [4.78, 5) is 27.4. The molecule has 0 spiro atoms. The molecule has 2 amide bonds. The maximum Gasteiger partial charge on any atom is 0.242 e. The zero-order valence-electron chi connectivity index (χ0n) is 21.4. The molecule has 36 heavy (non-hydrogen) atoms. The van der Waals surface area contributed by atoms with Crippen molar-refractivity contribution >= 4 is 27.5 Å². The van der Waals surface area contributed by atoms with Crippen LogP contribution in [-0.2, 0) is 26.2 Å². The van der Waals surface area contributed by atoms with E-state index in [1.807, 2.05) is 45.0 Å². The number of sulfonamides is 1. The van der Waals surface area contributed by atoms with Gasteiger partial charge in [-0.15, -0.1) is 0 Å². The molecule has 0 aromatic heterocycles. The Morgan fingerprint density at radius 3 is 2.19 bits per heavy atom. The summed E-state index contributed by atoms with van der Waals surface area (Å²) in [6.07, 6.45) is 1.04. The van der Waals surface area contributed by atoms with Crippen molar-refractivity contribution in [1.29, 1.82) is 0 Å². The zero-order chi connectivity index (χ0) is 27.0. The van der Waals surface area contributed by atoms with Crippen LogP contribution in [0.4, 0.5) is 14.5 Å². The molecule has 0 aliphatic heterocycles. The second kappa shape index (κ2) is 12.8. The molecule has 7 nitrogen and oxygen atoms in total. The van der Waals surface area contributed by atoms with E-state index < -0.39 is 27.7 Å². The summed E-state index contributed by atoms with van der Waals surface area (Å²) < 4.78 is 52.5. The van der Waals surface area contributed by atoms with E-state index in [1.54, 1.807) is 6.92 Å². The first-order valence-electron chi connectivity index (χ1n) is 11.8. The van der Waals surface area contributed by atoms with Gasteiger partial charge in [-0.05, 0) is 43.9 Å². The van der Waals surface area contributed by atoms with Crippen molar-refractivity contribution in [3.63, 3.8) is 0 Å². The molecule has 0 aliphatic rings. The van der Waals surface area contributed by atoms with E-state index in [4.69, 9.17) is 0 Å². The quantitative estimate of drug-likeness (QED) is 0.456. The van der Waals surface area contributed by atoms with Gasteiger partial charge in [-0.2, -0.15) is 0 Å². The van der Waals surface area contributed by atoms with Crippen LogP contribution in [0.15, 0.2) is 42.5 Å². The molecule has 0 heterocycles. The third kappa shape index (κ3) is 8.58. The molecule has 0 bridgehead atoms. The van der Waals surface area contributed by atoms with Crippen molar-refractivity contribution < 1.29 is 26.8 Å². The van der Waals surface area contributed by atoms with E-state index in [0.29, 0.717) is 6.54 Å². The van der Waals surface area contributed by atoms with Crippen molar-refractivity contribution in [3.05, 3.63) is 65.2 Å². The lowest BCUT2D eigenvalue weighted by molar-refractivity contribution is -0.140. The van der Waals surface area contributed by atoms with Gasteiger partial charge in [-0.1, -0.05) is 43.7 Å². The molecule has 2 aromatic rings. The lowest BCUT2D eigenvalue weighted by Gasteiger charge is -2.29. The van der Waals surface area contributed by atoms with Gasteiger partial charge in [0, 0.05) is 32.1 Å². The number of carbonyl (C=O) groups excluding carboxylic acids is 2. The Labute approximate surface area is 212 Å². The van der Waals surface area contributed by atoms with Gasteiger partial charge in [0.1, 0.15) is 6.04 Å². The Balaban J connectivity index is 2.17. The number of amides is 2. The maximum atomic E-state index is 13.7. The molecular weight excluding hydrogens is 488 g/mol. The molecule has 2 aromatic carbocycles. The van der Waals surface area contributed by atoms with Crippen LogP contribution < -0.4 is 9.62 Å². The van der Waals surface area contributed by atoms with Crippen molar-refractivity contribution in [2.24, 2.45) is 5.92 Å². The van der Waals surface area contributed by atoms with Gasteiger partial charge in [0.25, 0.3) is 0 Å². The summed E-state index contributed by atoms with van der Waals surface area (Å²) in [6.45, 7) is 8.14. The Hall–Kier alpha value is -3.01. The number of hydrogen-bond donors (Lipinski definition) is 1. The van der Waals surface area contributed by atoms with E-state index in [9.17, 15) is 26.8 Å². The fourth-order valence-electron chi connectivity index (χ4n) is 3.57. The van der Waals surface area contributed by atoms with Gasteiger partial charge >= 0.3 is 0 Å². The second-order valence-electron chi connectivity index (χ2n) is 9.36. The van der Waals surface area contributed by atoms with Gasteiger partial charge < -0.3 is 10.2 Å². The summed E-state index contributed by atoms with van der Waals surface area (Å²) >= 11 is 0. The molecule has 2 rings (SSSR count). The number of carbonyl (C=O) groups is 2. The fourth-order valence-corrected chi connectivity index (χ4v) is 4.53. The smallest absolute Gasteiger partial charge is 0.242 e. The number of halogens is 2. The number of anilines is 1. The van der Waals surface area contributed by atoms with Crippen LogP contribution in [0.1, 0.15) is 44.7 Å². The fraction of sp³-hybridized carbons (Fsp3) is 0.462. The highest BCUT2D eigenvalue weighted by atomic mass is 32.2. The number of aryl methyl sites for hydroxylation is 1. The van der Waals surface area contributed by atoms with Crippen LogP contribution in [0.2, 0.25) is 0 Å². The van der Waals surface area contributed by atoms with Crippen molar-refractivity contribution in [1.82, 2.24) is 10.2 Å². The van der Waals surface area contributed by atoms with Crippen molar-refractivity contribution in [2.75, 3.05) is 23.7 Å². The molecule has 0 fully saturated rings. The Kier molecular flexibility index (Phi) is 10.4. The van der Waals surface area contributed by atoms with Crippen molar-refractivity contribution in [2.45, 2.75) is 53.1 Å². The van der Waals surface area contributed by atoms with E-state index >= 15 is 0 Å². The molecule has 198 valence electrons. The molecule has 0 saturated carbocycles. The monoisotopic (exact) mass is 523 g/mol. The largest absolute Gasteiger partial charge is 0.354 e. The number of nitrogens with zero attached hydrogens (tertiary/aromatic N) is 2. The van der Waals surface area contributed by atoms with E-state index in [0.717, 1.165) is 33.8 Å². The first-order chi connectivity index (χ1) is 16.8. The van der Waals surface area contributed by atoms with E-state index in [-0.39, 0.29) is 49.4 Å². The maximum absolute atomic E-state index is 13.7. The van der Waals surface area contributed by atoms with E-state index in [2.05, 4.69) is 5.32 Å². The predicted octanol–water partition coefficient (Wildman–Crippen LogP) is 4.01. The molecule has 1 unspecified atom stereocenters. The summed E-state index contributed by atoms with van der Waals surface area (Å²) in [7, 11) is -3.81. The standard InChI is InChI=1S/C26H35F2N3O4S/c1-18(2)16-29-26(33)20(4)30(17-21-10-8-19(3)9-11-21)25(32)7-6-14-31(36(5,34)35)22-12-13-23(27)24(28)15-22/h8-13,15,18,20H,6-7,14,16-17H2,1-5H3,(H,29,33).